The molecular formula is C30H30O2. The van der Waals surface area contributed by atoms with Crippen LogP contribution in [-0.4, -0.2) is 22.4 Å². The van der Waals surface area contributed by atoms with Gasteiger partial charge in [-0.25, -0.2) is 0 Å². The molecule has 2 unspecified atom stereocenters. The van der Waals surface area contributed by atoms with Crippen molar-refractivity contribution >= 4 is 0 Å². The molecular weight excluding hydrogens is 392 g/mol. The predicted octanol–water partition coefficient (Wildman–Crippen LogP) is 5.72. The van der Waals surface area contributed by atoms with Crippen LogP contribution in [0.1, 0.15) is 36.1 Å². The Bertz CT molecular complexity index is 937. The van der Waals surface area contributed by atoms with Gasteiger partial charge >= 0.3 is 0 Å². The van der Waals surface area contributed by atoms with Crippen molar-refractivity contribution in [3.8, 4) is 0 Å². The average molecular weight is 423 g/mol. The second kappa shape index (κ2) is 9.12. The molecule has 0 amide bonds. The topological polar surface area (TPSA) is 40.5 Å². The van der Waals surface area contributed by atoms with Gasteiger partial charge in [-0.2, -0.15) is 0 Å². The first-order valence-corrected chi connectivity index (χ1v) is 11.1. The number of hydrogen-bond acceptors (Lipinski definition) is 2. The van der Waals surface area contributed by atoms with E-state index in [2.05, 4.69) is 0 Å². The van der Waals surface area contributed by atoms with Crippen LogP contribution in [0.2, 0.25) is 0 Å². The van der Waals surface area contributed by atoms with Gasteiger partial charge in [-0.05, 0) is 36.1 Å². The number of aliphatic hydroxyl groups excluding tert-OH is 2. The fourth-order valence-corrected chi connectivity index (χ4v) is 4.79. The van der Waals surface area contributed by atoms with Gasteiger partial charge in [0.2, 0.25) is 0 Å². The van der Waals surface area contributed by atoms with Crippen LogP contribution < -0.4 is 0 Å². The molecule has 2 heteroatoms. The molecule has 2 atom stereocenters. The Labute approximate surface area is 190 Å². The lowest BCUT2D eigenvalue weighted by molar-refractivity contribution is -0.0454. The molecule has 0 aromatic heterocycles. The highest BCUT2D eigenvalue weighted by molar-refractivity contribution is 5.45. The van der Waals surface area contributed by atoms with Gasteiger partial charge in [-0.1, -0.05) is 121 Å². The van der Waals surface area contributed by atoms with Crippen molar-refractivity contribution in [3.05, 3.63) is 144 Å². The lowest BCUT2D eigenvalue weighted by atomic mass is 9.62. The molecule has 2 N–H and O–H groups in total. The maximum Gasteiger partial charge on any atom is 0.0945 e. The van der Waals surface area contributed by atoms with Crippen molar-refractivity contribution in [1.82, 2.24) is 0 Å². The summed E-state index contributed by atoms with van der Waals surface area (Å²) in [5.74, 6) is 0. The van der Waals surface area contributed by atoms with E-state index in [1.807, 2.05) is 135 Å². The van der Waals surface area contributed by atoms with E-state index in [1.54, 1.807) is 0 Å². The van der Waals surface area contributed by atoms with Crippen molar-refractivity contribution in [1.29, 1.82) is 0 Å². The van der Waals surface area contributed by atoms with Crippen LogP contribution in [-0.2, 0) is 10.8 Å². The van der Waals surface area contributed by atoms with Crippen molar-refractivity contribution in [2.45, 2.75) is 36.9 Å². The van der Waals surface area contributed by atoms with E-state index in [-0.39, 0.29) is 0 Å². The van der Waals surface area contributed by atoms with Gasteiger partial charge in [0.15, 0.2) is 0 Å². The van der Waals surface area contributed by atoms with Gasteiger partial charge in [0.05, 0.1) is 12.2 Å². The zero-order chi connectivity index (χ0) is 22.6. The normalized spacial score (nSPS) is 14.0. The Morgan fingerprint density at radius 3 is 0.781 bits per heavy atom. The highest BCUT2D eigenvalue weighted by atomic mass is 16.3. The number of aliphatic hydroxyl groups is 2. The molecule has 0 radical (unpaired) electrons. The lowest BCUT2D eigenvalue weighted by Gasteiger charge is -2.45. The second-order valence-electron chi connectivity index (χ2n) is 8.76. The van der Waals surface area contributed by atoms with E-state index >= 15 is 0 Å². The third kappa shape index (κ3) is 3.77. The predicted molar refractivity (Wildman–Crippen MR) is 131 cm³/mol. The summed E-state index contributed by atoms with van der Waals surface area (Å²) in [4.78, 5) is 0. The summed E-state index contributed by atoms with van der Waals surface area (Å²) in [5.41, 5.74) is 2.21. The average Bonchev–Trinajstić information content (AvgIpc) is 2.89. The summed E-state index contributed by atoms with van der Waals surface area (Å²) < 4.78 is 0. The minimum absolute atomic E-state index is 0.813. The van der Waals surface area contributed by atoms with E-state index in [1.165, 1.54) is 0 Å². The van der Waals surface area contributed by atoms with E-state index in [4.69, 9.17) is 0 Å². The summed E-state index contributed by atoms with van der Waals surface area (Å²) in [6.07, 6.45) is -2.14. The van der Waals surface area contributed by atoms with E-state index in [0.717, 1.165) is 22.3 Å². The monoisotopic (exact) mass is 422 g/mol. The molecule has 0 spiro atoms. The number of rotatable bonds is 7. The van der Waals surface area contributed by atoms with E-state index in [0.29, 0.717) is 0 Å². The molecule has 0 saturated heterocycles. The number of hydrogen-bond donors (Lipinski definition) is 2. The summed E-state index contributed by atoms with van der Waals surface area (Å²) in [7, 11) is 0. The first kappa shape index (κ1) is 22.0. The first-order valence-electron chi connectivity index (χ1n) is 11.1. The molecule has 32 heavy (non-hydrogen) atoms. The Morgan fingerprint density at radius 1 is 0.406 bits per heavy atom. The van der Waals surface area contributed by atoms with Crippen LogP contribution in [0.4, 0.5) is 0 Å². The van der Waals surface area contributed by atoms with Crippen LogP contribution in [0.15, 0.2) is 121 Å². The van der Waals surface area contributed by atoms with Gasteiger partial charge in [-0.3, -0.25) is 0 Å². The van der Waals surface area contributed by atoms with Crippen molar-refractivity contribution in [2.24, 2.45) is 0 Å². The first-order chi connectivity index (χ1) is 15.5. The third-order valence-electron chi connectivity index (χ3n) is 6.98. The molecule has 0 bridgehead atoms. The molecule has 4 rings (SSSR count). The molecule has 0 saturated carbocycles. The van der Waals surface area contributed by atoms with Gasteiger partial charge in [0, 0.05) is 10.8 Å². The van der Waals surface area contributed by atoms with Gasteiger partial charge < -0.3 is 10.2 Å². The highest BCUT2D eigenvalue weighted by Crippen LogP contribution is 2.44. The number of benzene rings is 4. The SMILES string of the molecule is CC(c1ccccc1)(c1ccccc1)C(O)C(O)C(C)(c1ccccc1)c1ccccc1. The molecule has 0 heterocycles. The Balaban J connectivity index is 1.89. The van der Waals surface area contributed by atoms with E-state index in [9.17, 15) is 10.2 Å². The summed E-state index contributed by atoms with van der Waals surface area (Å²) in [5, 5.41) is 23.9. The van der Waals surface area contributed by atoms with Crippen LogP contribution >= 0.6 is 0 Å². The maximum absolute atomic E-state index is 12.0. The zero-order valence-corrected chi connectivity index (χ0v) is 18.6. The van der Waals surface area contributed by atoms with Crippen molar-refractivity contribution in [2.75, 3.05) is 0 Å². The third-order valence-corrected chi connectivity index (χ3v) is 6.98. The molecule has 0 fully saturated rings. The molecule has 0 aliphatic carbocycles. The summed E-state index contributed by atoms with van der Waals surface area (Å²) in [6, 6.07) is 39.8. The minimum Gasteiger partial charge on any atom is -0.389 e. The van der Waals surface area contributed by atoms with Crippen LogP contribution in [0.3, 0.4) is 0 Å². The molecule has 2 nitrogen and oxygen atoms in total. The molecule has 162 valence electrons. The van der Waals surface area contributed by atoms with Crippen LogP contribution in [0.5, 0.6) is 0 Å². The molecule has 4 aromatic carbocycles. The molecule has 4 aromatic rings. The van der Waals surface area contributed by atoms with E-state index < -0.39 is 23.0 Å². The maximum atomic E-state index is 12.0. The van der Waals surface area contributed by atoms with Crippen LogP contribution in [0.25, 0.3) is 0 Å². The standard InChI is InChI=1S/C30H30O2/c1-29(23-15-7-3-8-16-23,24-17-9-4-10-18-24)27(31)28(32)30(2,25-19-11-5-12-20-25)26-21-13-6-14-22-26/h3-22,27-28,31-32H,1-2H3. The molecule has 0 aliphatic rings. The zero-order valence-electron chi connectivity index (χ0n) is 18.6. The van der Waals surface area contributed by atoms with Crippen LogP contribution in [0, 0.1) is 0 Å². The smallest absolute Gasteiger partial charge is 0.0945 e. The van der Waals surface area contributed by atoms with Crippen molar-refractivity contribution in [3.63, 3.8) is 0 Å². The minimum atomic E-state index is -1.07. The molecule has 0 aliphatic heterocycles. The van der Waals surface area contributed by atoms with Gasteiger partial charge in [0.1, 0.15) is 0 Å². The van der Waals surface area contributed by atoms with Crippen molar-refractivity contribution < 1.29 is 10.2 Å². The Morgan fingerprint density at radius 2 is 0.594 bits per heavy atom. The van der Waals surface area contributed by atoms with Gasteiger partial charge in [0.25, 0.3) is 0 Å². The quantitative estimate of drug-likeness (QED) is 0.400. The summed E-state index contributed by atoms with van der Waals surface area (Å²) in [6.45, 7) is 4.03. The Hall–Kier alpha value is -3.20. The lowest BCUT2D eigenvalue weighted by Crippen LogP contribution is -2.54. The fourth-order valence-electron chi connectivity index (χ4n) is 4.79. The largest absolute Gasteiger partial charge is 0.389 e. The highest BCUT2D eigenvalue weighted by Gasteiger charge is 2.48. The summed E-state index contributed by atoms with van der Waals surface area (Å²) >= 11 is 0. The second-order valence-corrected chi connectivity index (χ2v) is 8.76. The fraction of sp³-hybridized carbons (Fsp3) is 0.200. The Kier molecular flexibility index (Phi) is 6.27. The van der Waals surface area contributed by atoms with Gasteiger partial charge in [-0.15, -0.1) is 0 Å².